The second-order valence-corrected chi connectivity index (χ2v) is 5.73. The predicted octanol–water partition coefficient (Wildman–Crippen LogP) is 3.23. The molecular weight excluding hydrogens is 412 g/mol. The second-order valence-electron chi connectivity index (χ2n) is 5.73. The van der Waals surface area contributed by atoms with Gasteiger partial charge in [0.15, 0.2) is 0 Å². The smallest absolute Gasteiger partial charge is 0.475 e. The molecule has 13 heteroatoms. The first-order chi connectivity index (χ1) is 13.3. The van der Waals surface area contributed by atoms with Crippen LogP contribution in [0.2, 0.25) is 0 Å². The first-order valence-electron chi connectivity index (χ1n) is 8.06. The third-order valence-corrected chi connectivity index (χ3v) is 3.67. The Hall–Kier alpha value is -2.83. The van der Waals surface area contributed by atoms with Crippen LogP contribution in [-0.2, 0) is 9.59 Å². The van der Waals surface area contributed by atoms with Gasteiger partial charge in [0.2, 0.25) is 0 Å². The number of rotatable bonds is 1. The Morgan fingerprint density at radius 1 is 0.966 bits per heavy atom. The predicted molar refractivity (Wildman–Crippen MR) is 88.3 cm³/mol. The van der Waals surface area contributed by atoms with Gasteiger partial charge in [-0.3, -0.25) is 0 Å². The average Bonchev–Trinajstić information content (AvgIpc) is 3.06. The monoisotopic (exact) mass is 429 g/mol. The molecular formula is C16H17F6N3O4. The number of para-hydroxylation sites is 2. The number of benzene rings is 1. The summed E-state index contributed by atoms with van der Waals surface area (Å²) < 4.78 is 65.8. The molecule has 1 aliphatic heterocycles. The van der Waals surface area contributed by atoms with Crippen LogP contribution in [0.3, 0.4) is 0 Å². The van der Waals surface area contributed by atoms with Crippen LogP contribution in [-0.4, -0.2) is 57.1 Å². The van der Waals surface area contributed by atoms with Gasteiger partial charge in [-0.2, -0.15) is 26.3 Å². The summed E-state index contributed by atoms with van der Waals surface area (Å²) in [6, 6.07) is 8.99. The zero-order chi connectivity index (χ0) is 22.2. The van der Waals surface area contributed by atoms with Gasteiger partial charge in [0, 0.05) is 6.04 Å². The van der Waals surface area contributed by atoms with Crippen LogP contribution >= 0.6 is 0 Å². The minimum atomic E-state index is -5.08. The van der Waals surface area contributed by atoms with Gasteiger partial charge in [0.1, 0.15) is 0 Å². The van der Waals surface area contributed by atoms with Crippen molar-refractivity contribution in [1.29, 1.82) is 0 Å². The highest BCUT2D eigenvalue weighted by atomic mass is 19.4. The summed E-state index contributed by atoms with van der Waals surface area (Å²) in [6.45, 7) is 2.24. The lowest BCUT2D eigenvalue weighted by atomic mass is 10.1. The van der Waals surface area contributed by atoms with E-state index < -0.39 is 24.3 Å². The SMILES string of the molecule is O=C(O)C(F)(F)F.O=C(O)C(F)(F)F.c1ccc2c(c1)ncn2C1CCNCC1. The number of halogens is 6. The van der Waals surface area contributed by atoms with Crippen molar-refractivity contribution in [3.8, 4) is 0 Å². The Balaban J connectivity index is 0.000000255. The molecule has 0 aliphatic carbocycles. The van der Waals surface area contributed by atoms with E-state index in [0.717, 1.165) is 18.6 Å². The quantitative estimate of drug-likeness (QED) is 0.602. The normalized spacial score (nSPS) is 15.0. The van der Waals surface area contributed by atoms with Crippen LogP contribution in [0.4, 0.5) is 26.3 Å². The summed E-state index contributed by atoms with van der Waals surface area (Å²) >= 11 is 0. The summed E-state index contributed by atoms with van der Waals surface area (Å²) in [4.78, 5) is 22.2. The molecule has 1 fully saturated rings. The molecule has 1 aromatic heterocycles. The van der Waals surface area contributed by atoms with Crippen molar-refractivity contribution in [3.05, 3.63) is 30.6 Å². The summed E-state index contributed by atoms with van der Waals surface area (Å²) in [5.41, 5.74) is 2.38. The van der Waals surface area contributed by atoms with Gasteiger partial charge in [0.05, 0.1) is 17.4 Å². The summed E-state index contributed by atoms with van der Waals surface area (Å²) in [6.07, 6.45) is -5.76. The fourth-order valence-electron chi connectivity index (χ4n) is 2.35. The molecule has 2 aromatic rings. The molecule has 3 N–H and O–H groups in total. The van der Waals surface area contributed by atoms with E-state index >= 15 is 0 Å². The largest absolute Gasteiger partial charge is 0.490 e. The highest BCUT2D eigenvalue weighted by molar-refractivity contribution is 5.75. The lowest BCUT2D eigenvalue weighted by molar-refractivity contribution is -0.193. The first kappa shape index (κ1) is 24.2. The molecule has 0 amide bonds. The zero-order valence-corrected chi connectivity index (χ0v) is 14.7. The molecule has 162 valence electrons. The minimum absolute atomic E-state index is 0.624. The van der Waals surface area contributed by atoms with E-state index in [4.69, 9.17) is 19.8 Å². The number of imidazole rings is 1. The Labute approximate surface area is 159 Å². The fraction of sp³-hybridized carbons (Fsp3) is 0.438. The van der Waals surface area contributed by atoms with Crippen molar-refractivity contribution in [2.24, 2.45) is 0 Å². The van der Waals surface area contributed by atoms with Gasteiger partial charge >= 0.3 is 24.3 Å². The second kappa shape index (κ2) is 10.1. The molecule has 2 heterocycles. The van der Waals surface area contributed by atoms with Gasteiger partial charge in [-0.05, 0) is 38.1 Å². The van der Waals surface area contributed by atoms with Crippen molar-refractivity contribution in [3.63, 3.8) is 0 Å². The Morgan fingerprint density at radius 3 is 1.86 bits per heavy atom. The molecule has 1 aliphatic rings. The van der Waals surface area contributed by atoms with Crippen molar-refractivity contribution >= 4 is 23.0 Å². The number of carboxylic acids is 2. The highest BCUT2D eigenvalue weighted by Crippen LogP contribution is 2.23. The molecule has 7 nitrogen and oxygen atoms in total. The number of nitrogens with one attached hydrogen (secondary N) is 1. The van der Waals surface area contributed by atoms with Gasteiger partial charge in [-0.25, -0.2) is 14.6 Å². The molecule has 1 saturated heterocycles. The van der Waals surface area contributed by atoms with Gasteiger partial charge in [-0.1, -0.05) is 12.1 Å². The van der Waals surface area contributed by atoms with Crippen LogP contribution in [0.1, 0.15) is 18.9 Å². The summed E-state index contributed by atoms with van der Waals surface area (Å²) in [5.74, 6) is -5.51. The van der Waals surface area contributed by atoms with E-state index in [0.29, 0.717) is 6.04 Å². The maximum absolute atomic E-state index is 10.6. The van der Waals surface area contributed by atoms with Crippen molar-refractivity contribution in [2.45, 2.75) is 31.2 Å². The lowest BCUT2D eigenvalue weighted by Crippen LogP contribution is -2.29. The first-order valence-corrected chi connectivity index (χ1v) is 8.06. The van der Waals surface area contributed by atoms with E-state index in [1.54, 1.807) is 0 Å². The number of nitrogens with zero attached hydrogens (tertiary/aromatic N) is 2. The number of hydrogen-bond acceptors (Lipinski definition) is 4. The number of alkyl halides is 6. The van der Waals surface area contributed by atoms with E-state index in [1.165, 1.54) is 18.4 Å². The molecule has 0 bridgehead atoms. The standard InChI is InChI=1S/C12H15N3.2C2HF3O2/c1-2-4-12-11(3-1)14-9-15(12)10-5-7-13-8-6-10;2*3-2(4,5)1(6)7/h1-4,9-10,13H,5-8H2;2*(H,6,7). The fourth-order valence-corrected chi connectivity index (χ4v) is 2.35. The molecule has 0 atom stereocenters. The van der Waals surface area contributed by atoms with E-state index in [1.807, 2.05) is 12.4 Å². The number of carbonyl (C=O) groups is 2. The van der Waals surface area contributed by atoms with Crippen LogP contribution in [0, 0.1) is 0 Å². The van der Waals surface area contributed by atoms with Crippen LogP contribution in [0.25, 0.3) is 11.0 Å². The number of aromatic nitrogens is 2. The van der Waals surface area contributed by atoms with E-state index in [9.17, 15) is 26.3 Å². The maximum atomic E-state index is 10.6. The summed E-state index contributed by atoms with van der Waals surface area (Å²) in [7, 11) is 0. The molecule has 1 aromatic carbocycles. The molecule has 3 rings (SSSR count). The Kier molecular flexibility index (Phi) is 8.42. The van der Waals surface area contributed by atoms with Crippen LogP contribution in [0.5, 0.6) is 0 Å². The van der Waals surface area contributed by atoms with E-state index in [-0.39, 0.29) is 0 Å². The topological polar surface area (TPSA) is 104 Å². The zero-order valence-electron chi connectivity index (χ0n) is 14.7. The Bertz CT molecular complexity index is 789. The van der Waals surface area contributed by atoms with E-state index in [2.05, 4.69) is 33.1 Å². The minimum Gasteiger partial charge on any atom is -0.475 e. The van der Waals surface area contributed by atoms with Gasteiger partial charge in [0.25, 0.3) is 0 Å². The average molecular weight is 429 g/mol. The third-order valence-electron chi connectivity index (χ3n) is 3.67. The van der Waals surface area contributed by atoms with Crippen LogP contribution in [0.15, 0.2) is 30.6 Å². The molecule has 0 spiro atoms. The van der Waals surface area contributed by atoms with Crippen molar-refractivity contribution < 1.29 is 46.1 Å². The lowest BCUT2D eigenvalue weighted by Gasteiger charge is -2.24. The molecule has 0 radical (unpaired) electrons. The molecule has 0 unspecified atom stereocenters. The van der Waals surface area contributed by atoms with Crippen LogP contribution < -0.4 is 5.32 Å². The number of carboxylic acid groups (broad SMARTS) is 2. The number of aliphatic carboxylic acids is 2. The Morgan fingerprint density at radius 2 is 1.41 bits per heavy atom. The number of piperidine rings is 1. The number of fused-ring (bicyclic) bond motifs is 1. The maximum Gasteiger partial charge on any atom is 0.490 e. The molecule has 29 heavy (non-hydrogen) atoms. The molecule has 0 saturated carbocycles. The van der Waals surface area contributed by atoms with Crippen molar-refractivity contribution in [2.75, 3.05) is 13.1 Å². The number of hydrogen-bond donors (Lipinski definition) is 3. The van der Waals surface area contributed by atoms with Crippen molar-refractivity contribution in [1.82, 2.24) is 14.9 Å². The third kappa shape index (κ3) is 7.97. The highest BCUT2D eigenvalue weighted by Gasteiger charge is 2.38. The van der Waals surface area contributed by atoms with Gasteiger partial charge < -0.3 is 20.1 Å². The van der Waals surface area contributed by atoms with Gasteiger partial charge in [-0.15, -0.1) is 0 Å². The summed E-state index contributed by atoms with van der Waals surface area (Å²) in [5, 5.41) is 17.6.